The molecular formula is C19H27FNO4+. The molecular weight excluding hydrogens is 325 g/mol. The lowest BCUT2D eigenvalue weighted by Gasteiger charge is -2.41. The Morgan fingerprint density at radius 3 is 1.80 bits per heavy atom. The number of nitrogens with two attached hydrogens (primary N) is 1. The van der Waals surface area contributed by atoms with Gasteiger partial charge in [-0.3, -0.25) is 9.59 Å². The van der Waals surface area contributed by atoms with E-state index >= 15 is 0 Å². The number of hydrogen-bond acceptors (Lipinski definition) is 4. The van der Waals surface area contributed by atoms with Gasteiger partial charge in [-0.15, -0.1) is 0 Å². The molecule has 0 aliphatic carbocycles. The lowest BCUT2D eigenvalue weighted by Crippen LogP contribution is -2.99. The minimum atomic E-state index is -0.504. The summed E-state index contributed by atoms with van der Waals surface area (Å²) in [5.41, 5.74) is 0.754. The predicted octanol–water partition coefficient (Wildman–Crippen LogP) is 1.62. The monoisotopic (exact) mass is 352 g/mol. The van der Waals surface area contributed by atoms with Gasteiger partial charge in [0.15, 0.2) is 0 Å². The molecule has 5 nitrogen and oxygen atoms in total. The van der Waals surface area contributed by atoms with Crippen molar-refractivity contribution < 1.29 is 28.8 Å². The average Bonchev–Trinajstić information content (AvgIpc) is 2.55. The molecule has 5 atom stereocenters. The molecule has 0 bridgehead atoms. The summed E-state index contributed by atoms with van der Waals surface area (Å²) in [7, 11) is 0. The third kappa shape index (κ3) is 4.18. The lowest BCUT2D eigenvalue weighted by molar-refractivity contribution is -0.734. The van der Waals surface area contributed by atoms with Crippen LogP contribution < -0.4 is 5.32 Å². The second kappa shape index (κ2) is 8.43. The van der Waals surface area contributed by atoms with Gasteiger partial charge in [-0.25, -0.2) is 4.39 Å². The van der Waals surface area contributed by atoms with E-state index in [1.807, 2.05) is 19.2 Å². The molecule has 6 heteroatoms. The number of piperidine rings is 1. The number of ether oxygens (including phenoxy) is 2. The van der Waals surface area contributed by atoms with Gasteiger partial charge < -0.3 is 14.8 Å². The zero-order valence-electron chi connectivity index (χ0n) is 15.2. The first-order chi connectivity index (χ1) is 11.9. The number of carbonyl (C=O) groups excluding carboxylic acids is 2. The molecule has 25 heavy (non-hydrogen) atoms. The fourth-order valence-corrected chi connectivity index (χ4v) is 3.89. The van der Waals surface area contributed by atoms with Crippen LogP contribution in [0.15, 0.2) is 24.3 Å². The lowest BCUT2D eigenvalue weighted by atomic mass is 9.68. The van der Waals surface area contributed by atoms with E-state index in [0.717, 1.165) is 5.56 Å². The first-order valence-electron chi connectivity index (χ1n) is 8.84. The maximum atomic E-state index is 13.4. The molecule has 1 aliphatic rings. The third-order valence-electron chi connectivity index (χ3n) is 4.89. The largest absolute Gasteiger partial charge is 0.466 e. The number of rotatable bonds is 5. The Hall–Kier alpha value is -1.95. The SMILES string of the molecule is CCOC(=O)[C@@H]1C(c2ccc(F)cc2)[C@H](C(=O)OCC)[C@@H](C)[NH2+][C@@H]1C. The molecule has 1 aliphatic heterocycles. The van der Waals surface area contributed by atoms with E-state index < -0.39 is 17.8 Å². The zero-order chi connectivity index (χ0) is 18.6. The molecule has 1 fully saturated rings. The summed E-state index contributed by atoms with van der Waals surface area (Å²) in [6.45, 7) is 7.97. The van der Waals surface area contributed by atoms with E-state index in [2.05, 4.69) is 0 Å². The molecule has 1 heterocycles. The van der Waals surface area contributed by atoms with Crippen LogP contribution in [-0.4, -0.2) is 37.2 Å². The highest BCUT2D eigenvalue weighted by Gasteiger charge is 2.52. The van der Waals surface area contributed by atoms with Crippen LogP contribution >= 0.6 is 0 Å². The van der Waals surface area contributed by atoms with Crippen molar-refractivity contribution in [2.24, 2.45) is 11.8 Å². The second-order valence-corrected chi connectivity index (χ2v) is 6.54. The molecule has 1 unspecified atom stereocenters. The first-order valence-corrected chi connectivity index (χ1v) is 8.84. The standard InChI is InChI=1S/C19H26FNO4/c1-5-24-18(22)15-11(3)21-12(4)16(19(23)25-6-2)17(15)13-7-9-14(20)10-8-13/h7-12,15-17,21H,5-6H2,1-4H3/p+1/t11-,12-,15-,16+,17?/m1/s1. The fraction of sp³-hybridized carbons (Fsp3) is 0.579. The summed E-state index contributed by atoms with van der Waals surface area (Å²) in [5.74, 6) is -2.43. The Labute approximate surface area is 147 Å². The highest BCUT2D eigenvalue weighted by molar-refractivity contribution is 5.79. The molecule has 2 N–H and O–H groups in total. The summed E-state index contributed by atoms with van der Waals surface area (Å²) < 4.78 is 23.9. The summed E-state index contributed by atoms with van der Waals surface area (Å²) >= 11 is 0. The van der Waals surface area contributed by atoms with Crippen molar-refractivity contribution in [2.45, 2.75) is 45.7 Å². The quantitative estimate of drug-likeness (QED) is 0.818. The molecule has 0 saturated carbocycles. The third-order valence-corrected chi connectivity index (χ3v) is 4.89. The number of halogens is 1. The van der Waals surface area contributed by atoms with Gasteiger partial charge in [-0.2, -0.15) is 0 Å². The van der Waals surface area contributed by atoms with Gasteiger partial charge in [0, 0.05) is 5.92 Å². The molecule has 0 amide bonds. The molecule has 138 valence electrons. The van der Waals surface area contributed by atoms with E-state index in [0.29, 0.717) is 0 Å². The maximum absolute atomic E-state index is 13.4. The highest BCUT2D eigenvalue weighted by atomic mass is 19.1. The van der Waals surface area contributed by atoms with Gasteiger partial charge >= 0.3 is 11.9 Å². The van der Waals surface area contributed by atoms with Gasteiger partial charge in [0.2, 0.25) is 0 Å². The highest BCUT2D eigenvalue weighted by Crippen LogP contribution is 2.39. The first kappa shape index (κ1) is 19.4. The summed E-state index contributed by atoms with van der Waals surface area (Å²) in [6.07, 6.45) is 0. The van der Waals surface area contributed by atoms with Crippen LogP contribution in [0.2, 0.25) is 0 Å². The Morgan fingerprint density at radius 1 is 0.960 bits per heavy atom. The predicted molar refractivity (Wildman–Crippen MR) is 90.2 cm³/mol. The molecule has 2 rings (SSSR count). The van der Waals surface area contributed by atoms with Crippen molar-refractivity contribution in [3.05, 3.63) is 35.6 Å². The van der Waals surface area contributed by atoms with Crippen LogP contribution in [0.1, 0.15) is 39.2 Å². The van der Waals surface area contributed by atoms with E-state index in [1.54, 1.807) is 26.0 Å². The number of hydrogen-bond donors (Lipinski definition) is 1. The van der Waals surface area contributed by atoms with Crippen LogP contribution in [0, 0.1) is 17.7 Å². The molecule has 0 aromatic heterocycles. The Morgan fingerprint density at radius 2 is 1.40 bits per heavy atom. The fourth-order valence-electron chi connectivity index (χ4n) is 3.89. The van der Waals surface area contributed by atoms with Gasteiger partial charge in [-0.1, -0.05) is 12.1 Å². The minimum absolute atomic E-state index is 0.0604. The van der Waals surface area contributed by atoms with Crippen LogP contribution in [-0.2, 0) is 19.1 Å². The number of esters is 2. The van der Waals surface area contributed by atoms with Crippen molar-refractivity contribution in [3.8, 4) is 0 Å². The number of carbonyl (C=O) groups is 2. The van der Waals surface area contributed by atoms with Gasteiger partial charge in [0.25, 0.3) is 0 Å². The van der Waals surface area contributed by atoms with Crippen molar-refractivity contribution in [2.75, 3.05) is 13.2 Å². The zero-order valence-corrected chi connectivity index (χ0v) is 15.2. The van der Waals surface area contributed by atoms with Crippen molar-refractivity contribution in [1.29, 1.82) is 0 Å². The van der Waals surface area contributed by atoms with Crippen LogP contribution in [0.5, 0.6) is 0 Å². The van der Waals surface area contributed by atoms with Gasteiger partial charge in [-0.05, 0) is 45.4 Å². The van der Waals surface area contributed by atoms with Crippen molar-refractivity contribution in [3.63, 3.8) is 0 Å². The summed E-state index contributed by atoms with van der Waals surface area (Å²) in [6, 6.07) is 5.87. The van der Waals surface area contributed by atoms with E-state index in [4.69, 9.17) is 9.47 Å². The van der Waals surface area contributed by atoms with Crippen LogP contribution in [0.4, 0.5) is 4.39 Å². The van der Waals surface area contributed by atoms with Crippen LogP contribution in [0.3, 0.4) is 0 Å². The molecule has 0 radical (unpaired) electrons. The van der Waals surface area contributed by atoms with E-state index in [1.165, 1.54) is 12.1 Å². The summed E-state index contributed by atoms with van der Waals surface area (Å²) in [4.78, 5) is 25.2. The average molecular weight is 352 g/mol. The maximum Gasteiger partial charge on any atom is 0.315 e. The van der Waals surface area contributed by atoms with Crippen molar-refractivity contribution >= 4 is 11.9 Å². The number of quaternary nitrogens is 1. The van der Waals surface area contributed by atoms with Crippen molar-refractivity contribution in [1.82, 2.24) is 0 Å². The number of benzene rings is 1. The molecule has 1 aromatic carbocycles. The molecule has 0 spiro atoms. The topological polar surface area (TPSA) is 69.2 Å². The molecule has 1 saturated heterocycles. The second-order valence-electron chi connectivity index (χ2n) is 6.54. The van der Waals surface area contributed by atoms with E-state index in [-0.39, 0.29) is 43.1 Å². The Kier molecular flexibility index (Phi) is 6.53. The summed E-state index contributed by atoms with van der Waals surface area (Å²) in [5, 5.41) is 2.02. The minimum Gasteiger partial charge on any atom is -0.466 e. The Balaban J connectivity index is 2.49. The smallest absolute Gasteiger partial charge is 0.315 e. The van der Waals surface area contributed by atoms with Crippen LogP contribution in [0.25, 0.3) is 0 Å². The normalized spacial score (nSPS) is 29.1. The molecule has 1 aromatic rings. The van der Waals surface area contributed by atoms with Gasteiger partial charge in [0.05, 0.1) is 25.3 Å². The Bertz CT molecular complexity index is 574. The van der Waals surface area contributed by atoms with Gasteiger partial charge in [0.1, 0.15) is 17.7 Å². The van der Waals surface area contributed by atoms with E-state index in [9.17, 15) is 14.0 Å².